The Morgan fingerprint density at radius 3 is 2.57 bits per heavy atom. The Balaban J connectivity index is 2.19. The van der Waals surface area contributed by atoms with Crippen LogP contribution >= 0.6 is 0 Å². The van der Waals surface area contributed by atoms with Crippen LogP contribution in [0.15, 0.2) is 30.3 Å². The molecule has 0 aromatic heterocycles. The minimum atomic E-state index is -0.671. The fraction of sp³-hybridized carbons (Fsp3) is 0.588. The monoisotopic (exact) mass is 293 g/mol. The first-order chi connectivity index (χ1) is 10.1. The molecular formula is C17H27NO3. The van der Waals surface area contributed by atoms with Crippen molar-refractivity contribution in [1.82, 2.24) is 5.32 Å². The summed E-state index contributed by atoms with van der Waals surface area (Å²) in [4.78, 5) is 11.9. The third-order valence-electron chi connectivity index (χ3n) is 3.62. The van der Waals surface area contributed by atoms with E-state index in [0.717, 1.165) is 12.8 Å². The molecule has 0 fully saturated rings. The van der Waals surface area contributed by atoms with Crippen molar-refractivity contribution in [1.29, 1.82) is 0 Å². The number of hydrogen-bond acceptors (Lipinski definition) is 4. The molecule has 0 aliphatic heterocycles. The predicted octanol–water partition coefficient (Wildman–Crippen LogP) is 2.57. The highest BCUT2D eigenvalue weighted by atomic mass is 16.5. The predicted molar refractivity (Wildman–Crippen MR) is 84.3 cm³/mol. The van der Waals surface area contributed by atoms with E-state index in [1.807, 2.05) is 32.0 Å². The number of esters is 1. The molecule has 0 spiro atoms. The lowest BCUT2D eigenvalue weighted by Gasteiger charge is -2.26. The number of carbonyl (C=O) groups is 1. The number of likely N-dealkylation sites (N-methyl/N-ethyl adjacent to an activating group) is 1. The number of ether oxygens (including phenoxy) is 2. The molecule has 1 N–H and O–H groups in total. The lowest BCUT2D eigenvalue weighted by molar-refractivity contribution is -0.151. The van der Waals surface area contributed by atoms with Crippen LogP contribution in [-0.2, 0) is 20.7 Å². The summed E-state index contributed by atoms with van der Waals surface area (Å²) in [7, 11) is 1.77. The summed E-state index contributed by atoms with van der Waals surface area (Å²) in [6.07, 6.45) is 2.61. The second-order valence-electron chi connectivity index (χ2n) is 5.25. The van der Waals surface area contributed by atoms with Gasteiger partial charge < -0.3 is 14.8 Å². The largest absolute Gasteiger partial charge is 0.465 e. The van der Waals surface area contributed by atoms with E-state index in [9.17, 15) is 4.79 Å². The molecule has 4 heteroatoms. The maximum atomic E-state index is 11.9. The van der Waals surface area contributed by atoms with Gasteiger partial charge in [0.25, 0.3) is 0 Å². The van der Waals surface area contributed by atoms with Crippen molar-refractivity contribution < 1.29 is 14.3 Å². The van der Waals surface area contributed by atoms with E-state index in [1.54, 1.807) is 7.05 Å². The standard InChI is InChI=1S/C17H27NO3/c1-4-21-16(19)17(2,18-3)12-14-20-13-8-11-15-9-6-5-7-10-15/h5-7,9-10,18H,4,8,11-14H2,1-3H3. The Hall–Kier alpha value is -1.39. The van der Waals surface area contributed by atoms with Crippen molar-refractivity contribution >= 4 is 5.97 Å². The average Bonchev–Trinajstić information content (AvgIpc) is 2.51. The second-order valence-corrected chi connectivity index (χ2v) is 5.25. The number of aryl methyl sites for hydroxylation is 1. The Bertz CT molecular complexity index is 408. The third-order valence-corrected chi connectivity index (χ3v) is 3.62. The smallest absolute Gasteiger partial charge is 0.326 e. The molecule has 0 aliphatic rings. The zero-order valence-corrected chi connectivity index (χ0v) is 13.4. The average molecular weight is 293 g/mol. The molecule has 0 radical (unpaired) electrons. The van der Waals surface area contributed by atoms with Gasteiger partial charge >= 0.3 is 5.97 Å². The van der Waals surface area contributed by atoms with Crippen LogP contribution in [0.3, 0.4) is 0 Å². The summed E-state index contributed by atoms with van der Waals surface area (Å²) in [5.41, 5.74) is 0.655. The van der Waals surface area contributed by atoms with Gasteiger partial charge in [-0.15, -0.1) is 0 Å². The quantitative estimate of drug-likeness (QED) is 0.532. The molecule has 1 aromatic rings. The van der Waals surface area contributed by atoms with Gasteiger partial charge in [0.2, 0.25) is 0 Å². The van der Waals surface area contributed by atoms with Gasteiger partial charge in [0.15, 0.2) is 0 Å². The molecule has 21 heavy (non-hydrogen) atoms. The summed E-state index contributed by atoms with van der Waals surface area (Å²) in [6.45, 7) is 5.31. The van der Waals surface area contributed by atoms with Crippen LogP contribution in [0.5, 0.6) is 0 Å². The molecular weight excluding hydrogens is 266 g/mol. The van der Waals surface area contributed by atoms with E-state index in [-0.39, 0.29) is 5.97 Å². The highest BCUT2D eigenvalue weighted by molar-refractivity contribution is 5.80. The Kier molecular flexibility index (Phi) is 8.01. The van der Waals surface area contributed by atoms with Crippen molar-refractivity contribution in [2.75, 3.05) is 26.9 Å². The van der Waals surface area contributed by atoms with Crippen molar-refractivity contribution in [2.24, 2.45) is 0 Å². The van der Waals surface area contributed by atoms with Gasteiger partial charge in [-0.1, -0.05) is 30.3 Å². The lowest BCUT2D eigenvalue weighted by atomic mass is 9.99. The zero-order chi connectivity index (χ0) is 15.6. The number of rotatable bonds is 10. The van der Waals surface area contributed by atoms with E-state index in [4.69, 9.17) is 9.47 Å². The highest BCUT2D eigenvalue weighted by Gasteiger charge is 2.32. The molecule has 1 rings (SSSR count). The van der Waals surface area contributed by atoms with Crippen molar-refractivity contribution in [3.63, 3.8) is 0 Å². The van der Waals surface area contributed by atoms with Gasteiger partial charge in [0.1, 0.15) is 5.54 Å². The third kappa shape index (κ3) is 6.27. The van der Waals surface area contributed by atoms with Gasteiger partial charge in [-0.25, -0.2) is 0 Å². The van der Waals surface area contributed by atoms with Crippen LogP contribution in [0.25, 0.3) is 0 Å². The van der Waals surface area contributed by atoms with Gasteiger partial charge in [-0.3, -0.25) is 4.79 Å². The number of nitrogens with one attached hydrogen (secondary N) is 1. The SMILES string of the molecule is CCOC(=O)C(C)(CCOCCCc1ccccc1)NC. The summed E-state index contributed by atoms with van der Waals surface area (Å²) >= 11 is 0. The second kappa shape index (κ2) is 9.53. The van der Waals surface area contributed by atoms with E-state index in [1.165, 1.54) is 5.56 Å². The van der Waals surface area contributed by atoms with E-state index >= 15 is 0 Å². The Morgan fingerprint density at radius 2 is 1.95 bits per heavy atom. The normalized spacial score (nSPS) is 13.7. The molecule has 0 amide bonds. The van der Waals surface area contributed by atoms with Gasteiger partial charge in [0, 0.05) is 13.2 Å². The van der Waals surface area contributed by atoms with Gasteiger partial charge in [0.05, 0.1) is 6.61 Å². The van der Waals surface area contributed by atoms with Crippen molar-refractivity contribution in [3.05, 3.63) is 35.9 Å². The summed E-state index contributed by atoms with van der Waals surface area (Å²) in [5, 5.41) is 3.03. The van der Waals surface area contributed by atoms with Crippen molar-refractivity contribution in [3.8, 4) is 0 Å². The molecule has 1 atom stereocenters. The molecule has 0 bridgehead atoms. The Labute approximate surface area is 127 Å². The van der Waals surface area contributed by atoms with Crippen LogP contribution in [0.1, 0.15) is 32.3 Å². The molecule has 118 valence electrons. The summed E-state index contributed by atoms with van der Waals surface area (Å²) in [5.74, 6) is -0.222. The molecule has 0 aliphatic carbocycles. The van der Waals surface area contributed by atoms with Crippen LogP contribution in [0.4, 0.5) is 0 Å². The van der Waals surface area contributed by atoms with Crippen LogP contribution < -0.4 is 5.32 Å². The molecule has 0 heterocycles. The van der Waals surface area contributed by atoms with Crippen LogP contribution in [-0.4, -0.2) is 38.4 Å². The van der Waals surface area contributed by atoms with Gasteiger partial charge in [-0.2, -0.15) is 0 Å². The molecule has 4 nitrogen and oxygen atoms in total. The van der Waals surface area contributed by atoms with Gasteiger partial charge in [-0.05, 0) is 45.7 Å². The summed E-state index contributed by atoms with van der Waals surface area (Å²) in [6, 6.07) is 10.4. The number of hydrogen-bond donors (Lipinski definition) is 1. The van der Waals surface area contributed by atoms with Crippen molar-refractivity contribution in [2.45, 2.75) is 38.6 Å². The fourth-order valence-electron chi connectivity index (χ4n) is 2.02. The first-order valence-corrected chi connectivity index (χ1v) is 7.60. The fourth-order valence-corrected chi connectivity index (χ4v) is 2.02. The first kappa shape index (κ1) is 17.7. The maximum absolute atomic E-state index is 11.9. The lowest BCUT2D eigenvalue weighted by Crippen LogP contribution is -2.49. The minimum absolute atomic E-state index is 0.222. The Morgan fingerprint density at radius 1 is 1.24 bits per heavy atom. The van der Waals surface area contributed by atoms with E-state index in [2.05, 4.69) is 17.4 Å². The topological polar surface area (TPSA) is 47.6 Å². The van der Waals surface area contributed by atoms with Crippen LogP contribution in [0.2, 0.25) is 0 Å². The number of benzene rings is 1. The molecule has 0 saturated carbocycles. The van der Waals surface area contributed by atoms with Crippen LogP contribution in [0, 0.1) is 0 Å². The summed E-state index contributed by atoms with van der Waals surface area (Å²) < 4.78 is 10.7. The maximum Gasteiger partial charge on any atom is 0.326 e. The molecule has 1 aromatic carbocycles. The van der Waals surface area contributed by atoms with E-state index in [0.29, 0.717) is 26.2 Å². The first-order valence-electron chi connectivity index (χ1n) is 7.60. The molecule has 0 saturated heterocycles. The minimum Gasteiger partial charge on any atom is -0.465 e. The highest BCUT2D eigenvalue weighted by Crippen LogP contribution is 2.12. The van der Waals surface area contributed by atoms with E-state index < -0.39 is 5.54 Å². The number of carbonyl (C=O) groups excluding carboxylic acids is 1. The zero-order valence-electron chi connectivity index (χ0n) is 13.4. The molecule has 1 unspecified atom stereocenters.